The third kappa shape index (κ3) is 2.08. The van der Waals surface area contributed by atoms with Gasteiger partial charge in [-0.05, 0) is 43.2 Å². The first-order valence-corrected chi connectivity index (χ1v) is 6.27. The van der Waals surface area contributed by atoms with Crippen molar-refractivity contribution in [1.29, 1.82) is 0 Å². The Balaban J connectivity index is 2.01. The number of halogens is 1. The maximum Gasteiger partial charge on any atom is 0.0283 e. The maximum absolute atomic E-state index is 5.95. The Kier molecular flexibility index (Phi) is 2.66. The molecule has 2 rings (SSSR count). The lowest BCUT2D eigenvalue weighted by molar-refractivity contribution is 0.584. The fourth-order valence-corrected chi connectivity index (χ4v) is 3.10. The number of alkyl halides is 1. The van der Waals surface area contributed by atoms with E-state index in [1.54, 1.807) is 0 Å². The quantitative estimate of drug-likeness (QED) is 0.668. The summed E-state index contributed by atoms with van der Waals surface area (Å²) >= 11 is 7.91. The molecule has 0 nitrogen and oxygen atoms in total. The summed E-state index contributed by atoms with van der Waals surface area (Å²) in [4.78, 5) is 3.02. The largest absolute Gasteiger partial charge is 0.145 e. The van der Waals surface area contributed by atoms with Crippen LogP contribution in [-0.4, -0.2) is 5.88 Å². The molecule has 0 amide bonds. The van der Waals surface area contributed by atoms with E-state index in [1.807, 2.05) is 11.3 Å². The van der Waals surface area contributed by atoms with E-state index in [1.165, 1.54) is 35.4 Å². The highest BCUT2D eigenvalue weighted by Gasteiger charge is 2.41. The fraction of sp³-hybridized carbons (Fsp3) is 0.636. The van der Waals surface area contributed by atoms with Gasteiger partial charge in [0.25, 0.3) is 0 Å². The first kappa shape index (κ1) is 9.54. The number of hydrogen-bond donors (Lipinski definition) is 0. The normalized spacial score (nSPS) is 18.9. The molecule has 72 valence electrons. The van der Waals surface area contributed by atoms with E-state index >= 15 is 0 Å². The maximum atomic E-state index is 5.95. The minimum Gasteiger partial charge on any atom is -0.145 e. The molecular formula is C11H15ClS. The van der Waals surface area contributed by atoms with Gasteiger partial charge < -0.3 is 0 Å². The summed E-state index contributed by atoms with van der Waals surface area (Å²) in [5.41, 5.74) is 0.484. The molecule has 0 unspecified atom stereocenters. The van der Waals surface area contributed by atoms with Gasteiger partial charge in [0.15, 0.2) is 0 Å². The van der Waals surface area contributed by atoms with Crippen molar-refractivity contribution >= 4 is 22.9 Å². The zero-order chi connectivity index (χ0) is 9.31. The molecule has 0 atom stereocenters. The molecule has 1 aliphatic carbocycles. The van der Waals surface area contributed by atoms with E-state index < -0.39 is 0 Å². The molecule has 1 heterocycles. The second-order valence-electron chi connectivity index (χ2n) is 4.03. The molecule has 0 aliphatic heterocycles. The summed E-state index contributed by atoms with van der Waals surface area (Å²) in [6.07, 6.45) is 5.03. The molecular weight excluding hydrogens is 200 g/mol. The van der Waals surface area contributed by atoms with E-state index in [2.05, 4.69) is 19.1 Å². The van der Waals surface area contributed by atoms with Gasteiger partial charge in [-0.1, -0.05) is 6.92 Å². The summed E-state index contributed by atoms with van der Waals surface area (Å²) in [6, 6.07) is 4.53. The third-order valence-electron chi connectivity index (χ3n) is 2.86. The predicted octanol–water partition coefficient (Wildman–Crippen LogP) is 3.87. The average Bonchev–Trinajstić information content (AvgIpc) is 2.77. The Bertz CT molecular complexity index is 286. The number of hydrogen-bond acceptors (Lipinski definition) is 1. The summed E-state index contributed by atoms with van der Waals surface area (Å²) in [6.45, 7) is 2.21. The van der Waals surface area contributed by atoms with Gasteiger partial charge in [-0.3, -0.25) is 0 Å². The Morgan fingerprint density at radius 2 is 2.08 bits per heavy atom. The van der Waals surface area contributed by atoms with Crippen molar-refractivity contribution in [2.75, 3.05) is 5.88 Å². The van der Waals surface area contributed by atoms with Gasteiger partial charge in [-0.15, -0.1) is 22.9 Å². The molecule has 0 spiro atoms. The lowest BCUT2D eigenvalue weighted by atomic mass is 10.0. The van der Waals surface area contributed by atoms with Crippen LogP contribution in [0.2, 0.25) is 0 Å². The molecule has 1 aliphatic rings. The van der Waals surface area contributed by atoms with Crippen LogP contribution >= 0.6 is 22.9 Å². The summed E-state index contributed by atoms with van der Waals surface area (Å²) in [5, 5.41) is 0. The van der Waals surface area contributed by atoms with Crippen molar-refractivity contribution < 1.29 is 0 Å². The number of rotatable bonds is 4. The zero-order valence-corrected chi connectivity index (χ0v) is 9.55. The summed E-state index contributed by atoms with van der Waals surface area (Å²) in [5.74, 6) is 0.840. The highest BCUT2D eigenvalue weighted by atomic mass is 35.5. The highest BCUT2D eigenvalue weighted by molar-refractivity contribution is 7.12. The van der Waals surface area contributed by atoms with Gasteiger partial charge in [0.2, 0.25) is 0 Å². The molecule has 0 N–H and O–H groups in total. The second-order valence-corrected chi connectivity index (χ2v) is 5.55. The van der Waals surface area contributed by atoms with Crippen LogP contribution in [0.4, 0.5) is 0 Å². The van der Waals surface area contributed by atoms with Gasteiger partial charge >= 0.3 is 0 Å². The van der Waals surface area contributed by atoms with Crippen LogP contribution in [0.15, 0.2) is 12.1 Å². The van der Waals surface area contributed by atoms with Crippen molar-refractivity contribution in [2.24, 2.45) is 5.41 Å². The Labute approximate surface area is 88.9 Å². The van der Waals surface area contributed by atoms with E-state index in [0.29, 0.717) is 5.41 Å². The van der Waals surface area contributed by atoms with Crippen LogP contribution in [0.25, 0.3) is 0 Å². The molecule has 1 saturated carbocycles. The van der Waals surface area contributed by atoms with Gasteiger partial charge in [0.05, 0.1) is 0 Å². The molecule has 1 aromatic rings. The van der Waals surface area contributed by atoms with Crippen LogP contribution in [0.1, 0.15) is 29.5 Å². The molecule has 0 radical (unpaired) electrons. The van der Waals surface area contributed by atoms with Gasteiger partial charge in [-0.25, -0.2) is 0 Å². The van der Waals surface area contributed by atoms with Gasteiger partial charge in [0, 0.05) is 15.6 Å². The SMILES string of the molecule is CCc1ccc(CC2(CCl)CC2)s1. The van der Waals surface area contributed by atoms with E-state index in [9.17, 15) is 0 Å². The van der Waals surface area contributed by atoms with E-state index in [4.69, 9.17) is 11.6 Å². The minimum absolute atomic E-state index is 0.484. The average molecular weight is 215 g/mol. The van der Waals surface area contributed by atoms with Gasteiger partial charge in [-0.2, -0.15) is 0 Å². The van der Waals surface area contributed by atoms with Crippen molar-refractivity contribution in [3.8, 4) is 0 Å². The summed E-state index contributed by atoms with van der Waals surface area (Å²) < 4.78 is 0. The lowest BCUT2D eigenvalue weighted by Crippen LogP contribution is -2.04. The predicted molar refractivity (Wildman–Crippen MR) is 59.8 cm³/mol. The van der Waals surface area contributed by atoms with Crippen LogP contribution in [0.3, 0.4) is 0 Å². The third-order valence-corrected chi connectivity index (χ3v) is 4.65. The standard InChI is InChI=1S/C11H15ClS/c1-2-9-3-4-10(13-9)7-11(8-12)5-6-11/h3-4H,2,5-8H2,1H3. The van der Waals surface area contributed by atoms with E-state index in [0.717, 1.165) is 5.88 Å². The molecule has 0 bridgehead atoms. The molecule has 13 heavy (non-hydrogen) atoms. The zero-order valence-electron chi connectivity index (χ0n) is 7.98. The molecule has 1 fully saturated rings. The summed E-state index contributed by atoms with van der Waals surface area (Å²) in [7, 11) is 0. The highest BCUT2D eigenvalue weighted by Crippen LogP contribution is 2.49. The van der Waals surface area contributed by atoms with Crippen LogP contribution in [-0.2, 0) is 12.8 Å². The van der Waals surface area contributed by atoms with Crippen molar-refractivity contribution in [3.63, 3.8) is 0 Å². The van der Waals surface area contributed by atoms with Crippen LogP contribution < -0.4 is 0 Å². The minimum atomic E-state index is 0.484. The van der Waals surface area contributed by atoms with Crippen LogP contribution in [0.5, 0.6) is 0 Å². The molecule has 0 saturated heterocycles. The first-order chi connectivity index (χ1) is 6.28. The number of thiophene rings is 1. The molecule has 2 heteroatoms. The van der Waals surface area contributed by atoms with Crippen molar-refractivity contribution in [1.82, 2.24) is 0 Å². The monoisotopic (exact) mass is 214 g/mol. The van der Waals surface area contributed by atoms with Crippen LogP contribution in [0, 0.1) is 5.41 Å². The fourth-order valence-electron chi connectivity index (χ4n) is 1.61. The Hall–Kier alpha value is -0.0100. The Morgan fingerprint density at radius 3 is 2.54 bits per heavy atom. The van der Waals surface area contributed by atoms with Gasteiger partial charge in [0.1, 0.15) is 0 Å². The lowest BCUT2D eigenvalue weighted by Gasteiger charge is -2.07. The van der Waals surface area contributed by atoms with E-state index in [-0.39, 0.29) is 0 Å². The van der Waals surface area contributed by atoms with Crippen molar-refractivity contribution in [3.05, 3.63) is 21.9 Å². The smallest absolute Gasteiger partial charge is 0.0283 e. The Morgan fingerprint density at radius 1 is 1.38 bits per heavy atom. The molecule has 0 aromatic carbocycles. The second kappa shape index (κ2) is 3.62. The van der Waals surface area contributed by atoms with Crippen molar-refractivity contribution in [2.45, 2.75) is 32.6 Å². The first-order valence-electron chi connectivity index (χ1n) is 4.91. The number of aryl methyl sites for hydroxylation is 1. The molecule has 1 aromatic heterocycles. The topological polar surface area (TPSA) is 0 Å².